The van der Waals surface area contributed by atoms with Crippen molar-refractivity contribution in [3.8, 4) is 28.1 Å². The van der Waals surface area contributed by atoms with E-state index in [2.05, 4.69) is 14.7 Å². The van der Waals surface area contributed by atoms with Gasteiger partial charge in [-0.25, -0.2) is 31.6 Å². The number of benzene rings is 3. The summed E-state index contributed by atoms with van der Waals surface area (Å²) in [5.74, 6) is -2.78. The highest BCUT2D eigenvalue weighted by Gasteiger charge is 2.23. The highest BCUT2D eigenvalue weighted by Crippen LogP contribution is 2.36. The van der Waals surface area contributed by atoms with Gasteiger partial charge in [0.25, 0.3) is 10.0 Å². The fraction of sp³-hybridized carbons (Fsp3) is 0.0370. The van der Waals surface area contributed by atoms with Gasteiger partial charge < -0.3 is 10.5 Å². The second-order valence-electron chi connectivity index (χ2n) is 8.25. The van der Waals surface area contributed by atoms with Gasteiger partial charge in [0.1, 0.15) is 33.9 Å². The van der Waals surface area contributed by atoms with E-state index in [1.54, 1.807) is 48.5 Å². The van der Waals surface area contributed by atoms with Crippen LogP contribution in [-0.2, 0) is 10.0 Å². The summed E-state index contributed by atoms with van der Waals surface area (Å²) in [5, 5.41) is 0.196. The zero-order chi connectivity index (χ0) is 27.0. The molecule has 0 aliphatic rings. The van der Waals surface area contributed by atoms with Crippen LogP contribution in [0.25, 0.3) is 33.2 Å². The molecule has 7 nitrogen and oxygen atoms in total. The van der Waals surface area contributed by atoms with E-state index in [9.17, 15) is 17.2 Å². The number of aromatic nitrogens is 2. The lowest BCUT2D eigenvalue weighted by Crippen LogP contribution is -2.15. The molecule has 0 atom stereocenters. The molecule has 38 heavy (non-hydrogen) atoms. The Morgan fingerprint density at radius 1 is 0.895 bits per heavy atom. The van der Waals surface area contributed by atoms with Gasteiger partial charge in [-0.2, -0.15) is 0 Å². The Balaban J connectivity index is 1.59. The third kappa shape index (κ3) is 4.59. The average molecular weight is 537 g/mol. The topological polar surface area (TPSA) is 107 Å². The molecule has 192 valence electrons. The van der Waals surface area contributed by atoms with Gasteiger partial charge in [0.05, 0.1) is 18.2 Å². The van der Waals surface area contributed by atoms with Gasteiger partial charge in [0, 0.05) is 23.2 Å². The lowest BCUT2D eigenvalue weighted by atomic mass is 10.00. The minimum absolute atomic E-state index is 0.0461. The Bertz CT molecular complexity index is 1800. The first-order chi connectivity index (χ1) is 18.2. The van der Waals surface area contributed by atoms with Crippen molar-refractivity contribution in [1.82, 2.24) is 9.97 Å². The zero-order valence-electron chi connectivity index (χ0n) is 19.7. The summed E-state index contributed by atoms with van der Waals surface area (Å²) in [4.78, 5) is 7.72. The van der Waals surface area contributed by atoms with Crippen LogP contribution in [0.4, 0.5) is 24.7 Å². The summed E-state index contributed by atoms with van der Waals surface area (Å²) in [6.45, 7) is 0. The first kappa shape index (κ1) is 25.0. The number of sulfonamides is 1. The Labute approximate surface area is 215 Å². The third-order valence-electron chi connectivity index (χ3n) is 5.82. The van der Waals surface area contributed by atoms with Crippen LogP contribution < -0.4 is 15.2 Å². The van der Waals surface area contributed by atoms with Gasteiger partial charge in [0.15, 0.2) is 0 Å². The molecule has 0 aliphatic heterocycles. The van der Waals surface area contributed by atoms with E-state index < -0.39 is 32.4 Å². The van der Waals surface area contributed by atoms with Gasteiger partial charge in [-0.05, 0) is 41.5 Å². The summed E-state index contributed by atoms with van der Waals surface area (Å²) in [7, 11) is -3.19. The van der Waals surface area contributed by atoms with Crippen LogP contribution in [0.1, 0.15) is 0 Å². The van der Waals surface area contributed by atoms with Crippen molar-refractivity contribution in [3.05, 3.63) is 96.4 Å². The van der Waals surface area contributed by atoms with Gasteiger partial charge in [-0.15, -0.1) is 0 Å². The quantitative estimate of drug-likeness (QED) is 0.285. The second kappa shape index (κ2) is 9.67. The smallest absolute Gasteiger partial charge is 0.264 e. The molecule has 0 saturated heterocycles. The molecule has 11 heteroatoms. The number of pyridine rings is 2. The number of nitrogens with one attached hydrogen (secondary N) is 1. The first-order valence-corrected chi connectivity index (χ1v) is 12.6. The predicted octanol–water partition coefficient (Wildman–Crippen LogP) is 5.77. The maximum absolute atomic E-state index is 15.7. The number of fused-ring (bicyclic) bond motifs is 1. The minimum atomic E-state index is -4.47. The van der Waals surface area contributed by atoms with Crippen LogP contribution in [0.3, 0.4) is 0 Å². The normalized spacial score (nSPS) is 11.5. The molecule has 0 unspecified atom stereocenters. The van der Waals surface area contributed by atoms with Gasteiger partial charge in [-0.3, -0.25) is 4.72 Å². The molecule has 0 radical (unpaired) electrons. The Morgan fingerprint density at radius 3 is 2.37 bits per heavy atom. The van der Waals surface area contributed by atoms with Crippen LogP contribution in [0, 0.1) is 17.5 Å². The number of ether oxygens (including phenoxy) is 1. The monoisotopic (exact) mass is 536 g/mol. The molecule has 3 aromatic carbocycles. The average Bonchev–Trinajstić information content (AvgIpc) is 2.88. The molecule has 5 rings (SSSR count). The fourth-order valence-electron chi connectivity index (χ4n) is 4.04. The molecule has 0 saturated carbocycles. The maximum atomic E-state index is 15.7. The van der Waals surface area contributed by atoms with Gasteiger partial charge in [-0.1, -0.05) is 36.4 Å². The highest BCUT2D eigenvalue weighted by molar-refractivity contribution is 7.92. The summed E-state index contributed by atoms with van der Waals surface area (Å²) in [6, 6.07) is 17.1. The number of rotatable bonds is 6. The van der Waals surface area contributed by atoms with E-state index in [4.69, 9.17) is 10.5 Å². The van der Waals surface area contributed by atoms with E-state index in [0.717, 1.165) is 12.1 Å². The number of nitrogens with zero attached hydrogens (tertiary/aromatic N) is 2. The SMILES string of the molecule is COc1ncc(-c2ccc3nc(N)c(-c4ccccc4)c(F)c3c2)cc1NS(=O)(=O)c1ccc(F)cc1F. The first-order valence-electron chi connectivity index (χ1n) is 11.1. The zero-order valence-corrected chi connectivity index (χ0v) is 20.6. The van der Waals surface area contributed by atoms with Crippen molar-refractivity contribution in [2.75, 3.05) is 17.6 Å². The molecule has 0 bridgehead atoms. The molecule has 2 heterocycles. The number of nitrogens with two attached hydrogens (primary N) is 1. The van der Waals surface area contributed by atoms with Gasteiger partial charge in [0.2, 0.25) is 5.88 Å². The fourth-order valence-corrected chi connectivity index (χ4v) is 5.15. The summed E-state index contributed by atoms with van der Waals surface area (Å²) < 4.78 is 76.2. The Kier molecular flexibility index (Phi) is 6.37. The molecule has 0 fully saturated rings. The van der Waals surface area contributed by atoms with Crippen molar-refractivity contribution >= 4 is 32.4 Å². The van der Waals surface area contributed by atoms with Crippen LogP contribution in [0.2, 0.25) is 0 Å². The predicted molar refractivity (Wildman–Crippen MR) is 138 cm³/mol. The molecule has 2 aromatic heterocycles. The van der Waals surface area contributed by atoms with Crippen molar-refractivity contribution in [2.45, 2.75) is 4.90 Å². The van der Waals surface area contributed by atoms with Crippen LogP contribution >= 0.6 is 0 Å². The summed E-state index contributed by atoms with van der Waals surface area (Å²) >= 11 is 0. The Hall–Kier alpha value is -4.64. The van der Waals surface area contributed by atoms with E-state index in [1.807, 2.05) is 0 Å². The van der Waals surface area contributed by atoms with Crippen molar-refractivity contribution in [2.24, 2.45) is 0 Å². The van der Waals surface area contributed by atoms with Crippen molar-refractivity contribution in [3.63, 3.8) is 0 Å². The number of anilines is 2. The molecule has 5 aromatic rings. The van der Waals surface area contributed by atoms with Crippen LogP contribution in [0.5, 0.6) is 5.88 Å². The number of methoxy groups -OCH3 is 1. The molecular weight excluding hydrogens is 517 g/mol. The van der Waals surface area contributed by atoms with Gasteiger partial charge >= 0.3 is 0 Å². The largest absolute Gasteiger partial charge is 0.480 e. The number of nitrogen functional groups attached to an aromatic ring is 1. The standard InChI is InChI=1S/C27H19F3N4O3S/c1-37-27-22(34-38(35,36)23-10-8-18(28)13-20(23)29)12-17(14-32-27)16-7-9-21-19(11-16)25(30)24(26(31)33-21)15-5-3-2-4-6-15/h2-14,34H,1H3,(H2,31,33). The lowest BCUT2D eigenvalue weighted by molar-refractivity contribution is 0.400. The molecule has 0 spiro atoms. The number of hydrogen-bond acceptors (Lipinski definition) is 6. The van der Waals surface area contributed by atoms with E-state index in [-0.39, 0.29) is 28.3 Å². The third-order valence-corrected chi connectivity index (χ3v) is 7.22. The maximum Gasteiger partial charge on any atom is 0.264 e. The summed E-state index contributed by atoms with van der Waals surface area (Å²) in [6.07, 6.45) is 1.41. The second-order valence-corrected chi connectivity index (χ2v) is 9.90. The number of hydrogen-bond donors (Lipinski definition) is 2. The van der Waals surface area contributed by atoms with E-state index >= 15 is 4.39 Å². The van der Waals surface area contributed by atoms with Crippen molar-refractivity contribution < 1.29 is 26.3 Å². The molecular formula is C27H19F3N4O3S. The molecule has 3 N–H and O–H groups in total. The van der Waals surface area contributed by atoms with Crippen LogP contribution in [-0.4, -0.2) is 25.5 Å². The Morgan fingerprint density at radius 2 is 1.66 bits per heavy atom. The minimum Gasteiger partial charge on any atom is -0.480 e. The lowest BCUT2D eigenvalue weighted by Gasteiger charge is -2.14. The molecule has 0 amide bonds. The van der Waals surface area contributed by atoms with E-state index in [1.165, 1.54) is 19.4 Å². The van der Waals surface area contributed by atoms with Crippen LogP contribution in [0.15, 0.2) is 83.9 Å². The van der Waals surface area contributed by atoms with Crippen molar-refractivity contribution in [1.29, 1.82) is 0 Å². The number of halogens is 3. The summed E-state index contributed by atoms with van der Waals surface area (Å²) in [5.41, 5.74) is 7.92. The molecule has 0 aliphatic carbocycles. The van der Waals surface area contributed by atoms with E-state index in [0.29, 0.717) is 28.3 Å². The highest BCUT2D eigenvalue weighted by atomic mass is 32.2.